The van der Waals surface area contributed by atoms with Gasteiger partial charge in [-0.25, -0.2) is 9.78 Å². The van der Waals surface area contributed by atoms with Gasteiger partial charge in [0.25, 0.3) is 5.91 Å². The molecule has 5 nitrogen and oxygen atoms in total. The number of halogens is 2. The molecule has 1 aromatic rings. The van der Waals surface area contributed by atoms with Crippen LogP contribution in [0.4, 0.5) is 0 Å². The Kier molecular flexibility index (Phi) is 6.25. The molecule has 1 N–H and O–H groups in total. The third kappa shape index (κ3) is 4.82. The van der Waals surface area contributed by atoms with Crippen LogP contribution in [0.1, 0.15) is 49.9 Å². The molecule has 1 heterocycles. The second-order valence-electron chi connectivity index (χ2n) is 5.92. The van der Waals surface area contributed by atoms with Gasteiger partial charge in [-0.3, -0.25) is 4.79 Å². The van der Waals surface area contributed by atoms with E-state index in [0.29, 0.717) is 5.92 Å². The fourth-order valence-electron chi connectivity index (χ4n) is 2.65. The smallest absolute Gasteiger partial charge is 0.340 e. The number of carbonyl (C=O) groups excluding carboxylic acids is 2. The lowest BCUT2D eigenvalue weighted by atomic mass is 9.86. The van der Waals surface area contributed by atoms with Crippen molar-refractivity contribution in [2.75, 3.05) is 0 Å². The van der Waals surface area contributed by atoms with Crippen molar-refractivity contribution in [1.29, 1.82) is 0 Å². The molecular weight excluding hydrogens is 339 g/mol. The number of nitrogens with one attached hydrogen (secondary N) is 1. The van der Waals surface area contributed by atoms with E-state index in [1.165, 1.54) is 18.7 Å². The van der Waals surface area contributed by atoms with E-state index in [9.17, 15) is 9.59 Å². The zero-order valence-electron chi connectivity index (χ0n) is 13.1. The van der Waals surface area contributed by atoms with Crippen LogP contribution in [0.25, 0.3) is 0 Å². The van der Waals surface area contributed by atoms with Crippen LogP contribution in [0.2, 0.25) is 10.2 Å². The molecule has 1 aliphatic rings. The Morgan fingerprint density at radius 1 is 1.35 bits per heavy atom. The lowest BCUT2D eigenvalue weighted by Crippen LogP contribution is -2.46. The van der Waals surface area contributed by atoms with Crippen molar-refractivity contribution < 1.29 is 14.3 Å². The Hall–Kier alpha value is -1.33. The van der Waals surface area contributed by atoms with E-state index >= 15 is 0 Å². The summed E-state index contributed by atoms with van der Waals surface area (Å²) >= 11 is 11.5. The van der Waals surface area contributed by atoms with Crippen molar-refractivity contribution in [3.63, 3.8) is 0 Å². The topological polar surface area (TPSA) is 68.3 Å². The van der Waals surface area contributed by atoms with Crippen molar-refractivity contribution >= 4 is 35.1 Å². The van der Waals surface area contributed by atoms with Crippen molar-refractivity contribution in [2.45, 2.75) is 51.7 Å². The maximum absolute atomic E-state index is 12.2. The van der Waals surface area contributed by atoms with Crippen molar-refractivity contribution in [3.05, 3.63) is 28.0 Å². The van der Waals surface area contributed by atoms with Crippen LogP contribution in [0, 0.1) is 5.92 Å². The first-order chi connectivity index (χ1) is 10.9. The summed E-state index contributed by atoms with van der Waals surface area (Å²) in [4.78, 5) is 28.0. The van der Waals surface area contributed by atoms with Gasteiger partial charge in [0.2, 0.25) is 0 Å². The molecule has 1 aromatic heterocycles. The van der Waals surface area contributed by atoms with Gasteiger partial charge in [-0.15, -0.1) is 0 Å². The molecule has 0 aromatic carbocycles. The Labute approximate surface area is 145 Å². The number of aromatic nitrogens is 1. The predicted molar refractivity (Wildman–Crippen MR) is 88.7 cm³/mol. The maximum Gasteiger partial charge on any atom is 0.340 e. The zero-order valence-corrected chi connectivity index (χ0v) is 14.7. The van der Waals surface area contributed by atoms with Crippen LogP contribution in [0.3, 0.4) is 0 Å². The van der Waals surface area contributed by atoms with E-state index < -0.39 is 12.1 Å². The van der Waals surface area contributed by atoms with Crippen molar-refractivity contribution in [1.82, 2.24) is 10.3 Å². The average molecular weight is 359 g/mol. The average Bonchev–Trinajstić information content (AvgIpc) is 2.52. The van der Waals surface area contributed by atoms with Crippen LogP contribution in [0.5, 0.6) is 0 Å². The predicted octanol–water partition coefficient (Wildman–Crippen LogP) is 3.63. The monoisotopic (exact) mass is 358 g/mol. The van der Waals surface area contributed by atoms with E-state index in [2.05, 4.69) is 17.2 Å². The Morgan fingerprint density at radius 3 is 2.70 bits per heavy atom. The summed E-state index contributed by atoms with van der Waals surface area (Å²) in [6, 6.07) is 1.51. The Morgan fingerprint density at radius 2 is 2.04 bits per heavy atom. The molecule has 3 atom stereocenters. The summed E-state index contributed by atoms with van der Waals surface area (Å²) in [6.45, 7) is 3.67. The summed E-state index contributed by atoms with van der Waals surface area (Å²) < 4.78 is 5.18. The highest BCUT2D eigenvalue weighted by atomic mass is 35.5. The SMILES string of the molecule is C[C@H](OC(=O)c1cnc(Cl)c(Cl)c1)C(=O)N[C@@H]1CCCC[C@H]1C. The number of hydrogen-bond donors (Lipinski definition) is 1. The van der Waals surface area contributed by atoms with Crippen LogP contribution >= 0.6 is 23.2 Å². The standard InChI is InChI=1S/C16H20Cl2N2O3/c1-9-5-3-4-6-13(9)20-15(21)10(2)23-16(22)11-7-12(17)14(18)19-8-11/h7-10,13H,3-6H2,1-2H3,(H,20,21)/t9-,10+,13-/m1/s1. The van der Waals surface area contributed by atoms with Crippen molar-refractivity contribution in [3.8, 4) is 0 Å². The van der Waals surface area contributed by atoms with Gasteiger partial charge < -0.3 is 10.1 Å². The van der Waals surface area contributed by atoms with Gasteiger partial charge in [-0.2, -0.15) is 0 Å². The minimum Gasteiger partial charge on any atom is -0.449 e. The molecule has 23 heavy (non-hydrogen) atoms. The molecule has 7 heteroatoms. The summed E-state index contributed by atoms with van der Waals surface area (Å²) in [6.07, 6.45) is 4.76. The molecule has 0 radical (unpaired) electrons. The quantitative estimate of drug-likeness (QED) is 0.659. The molecule has 0 unspecified atom stereocenters. The zero-order chi connectivity index (χ0) is 17.0. The van der Waals surface area contributed by atoms with Crippen LogP contribution < -0.4 is 5.32 Å². The Bertz CT molecular complexity index is 595. The Balaban J connectivity index is 1.92. The first-order valence-corrected chi connectivity index (χ1v) is 8.46. The maximum atomic E-state index is 12.2. The second kappa shape index (κ2) is 7.97. The molecule has 1 aliphatic carbocycles. The first kappa shape index (κ1) is 18.0. The van der Waals surface area contributed by atoms with E-state index in [1.807, 2.05) is 0 Å². The van der Waals surface area contributed by atoms with E-state index in [4.69, 9.17) is 27.9 Å². The summed E-state index contributed by atoms with van der Waals surface area (Å²) in [5.74, 6) is -0.504. The van der Waals surface area contributed by atoms with E-state index in [0.717, 1.165) is 19.3 Å². The number of esters is 1. The highest BCUT2D eigenvalue weighted by Crippen LogP contribution is 2.24. The number of rotatable bonds is 4. The largest absolute Gasteiger partial charge is 0.449 e. The lowest BCUT2D eigenvalue weighted by molar-refractivity contribution is -0.130. The van der Waals surface area contributed by atoms with Crippen LogP contribution in [0.15, 0.2) is 12.3 Å². The third-order valence-corrected chi connectivity index (χ3v) is 4.81. The van der Waals surface area contributed by atoms with Gasteiger partial charge in [0, 0.05) is 12.2 Å². The molecule has 0 spiro atoms. The number of amides is 1. The van der Waals surface area contributed by atoms with Gasteiger partial charge in [-0.1, -0.05) is 43.0 Å². The van der Waals surface area contributed by atoms with Gasteiger partial charge in [0.15, 0.2) is 6.10 Å². The molecule has 126 valence electrons. The van der Waals surface area contributed by atoms with Crippen LogP contribution in [-0.2, 0) is 9.53 Å². The highest BCUT2D eigenvalue weighted by Gasteiger charge is 2.26. The third-order valence-electron chi connectivity index (χ3n) is 4.12. The lowest BCUT2D eigenvalue weighted by Gasteiger charge is -2.30. The fourth-order valence-corrected chi connectivity index (χ4v) is 2.92. The summed E-state index contributed by atoms with van der Waals surface area (Å²) in [5, 5.41) is 3.24. The minimum absolute atomic E-state index is 0.111. The normalized spacial score (nSPS) is 22.3. The fraction of sp³-hybridized carbons (Fsp3) is 0.562. The number of hydrogen-bond acceptors (Lipinski definition) is 4. The minimum atomic E-state index is -0.883. The van der Waals surface area contributed by atoms with E-state index in [-0.39, 0.29) is 27.7 Å². The number of nitrogens with zero attached hydrogens (tertiary/aromatic N) is 1. The number of carbonyl (C=O) groups is 2. The summed E-state index contributed by atoms with van der Waals surface area (Å²) in [5.41, 5.74) is 0.157. The van der Waals surface area contributed by atoms with Crippen LogP contribution in [-0.4, -0.2) is 29.0 Å². The van der Waals surface area contributed by atoms with E-state index in [1.54, 1.807) is 6.92 Å². The van der Waals surface area contributed by atoms with Gasteiger partial charge >= 0.3 is 5.97 Å². The molecule has 1 saturated carbocycles. The molecular formula is C16H20Cl2N2O3. The first-order valence-electron chi connectivity index (χ1n) is 7.71. The second-order valence-corrected chi connectivity index (χ2v) is 6.69. The molecule has 1 fully saturated rings. The number of ether oxygens (including phenoxy) is 1. The highest BCUT2D eigenvalue weighted by molar-refractivity contribution is 6.41. The molecule has 0 saturated heterocycles. The number of pyridine rings is 1. The molecule has 1 amide bonds. The molecule has 0 bridgehead atoms. The molecule has 2 rings (SSSR count). The molecule has 0 aliphatic heterocycles. The summed E-state index contributed by atoms with van der Waals surface area (Å²) in [7, 11) is 0. The van der Waals surface area contributed by atoms with Gasteiger partial charge in [0.1, 0.15) is 5.15 Å². The van der Waals surface area contributed by atoms with Gasteiger partial charge in [-0.05, 0) is 31.7 Å². The van der Waals surface area contributed by atoms with Gasteiger partial charge in [0.05, 0.1) is 10.6 Å². The van der Waals surface area contributed by atoms with Crippen molar-refractivity contribution in [2.24, 2.45) is 5.92 Å².